The van der Waals surface area contributed by atoms with Gasteiger partial charge in [-0.05, 0) is 18.8 Å². The summed E-state index contributed by atoms with van der Waals surface area (Å²) < 4.78 is 16.2. The molecule has 3 unspecified atom stereocenters. The SMILES string of the molecule is CC1C(/C=C\C(=O)OCCF)C1(C)C(=O)O. The zero-order valence-corrected chi connectivity index (χ0v) is 9.27. The van der Waals surface area contributed by atoms with E-state index in [2.05, 4.69) is 4.74 Å². The lowest BCUT2D eigenvalue weighted by Gasteiger charge is -2.01. The molecule has 0 aromatic carbocycles. The van der Waals surface area contributed by atoms with Crippen LogP contribution in [-0.2, 0) is 14.3 Å². The number of esters is 1. The smallest absolute Gasteiger partial charge is 0.330 e. The monoisotopic (exact) mass is 230 g/mol. The molecule has 16 heavy (non-hydrogen) atoms. The van der Waals surface area contributed by atoms with Crippen LogP contribution in [0.2, 0.25) is 0 Å². The Morgan fingerprint density at radius 1 is 1.56 bits per heavy atom. The van der Waals surface area contributed by atoms with Crippen molar-refractivity contribution in [3.05, 3.63) is 12.2 Å². The molecule has 1 N–H and O–H groups in total. The van der Waals surface area contributed by atoms with E-state index in [1.165, 1.54) is 12.2 Å². The van der Waals surface area contributed by atoms with Crippen LogP contribution in [0.4, 0.5) is 4.39 Å². The molecule has 1 saturated carbocycles. The third-order valence-electron chi connectivity index (χ3n) is 3.29. The average Bonchev–Trinajstić information content (AvgIpc) is 2.77. The van der Waals surface area contributed by atoms with Crippen molar-refractivity contribution >= 4 is 11.9 Å². The van der Waals surface area contributed by atoms with E-state index in [9.17, 15) is 14.0 Å². The summed E-state index contributed by atoms with van der Waals surface area (Å²) in [6.45, 7) is 2.48. The first-order valence-corrected chi connectivity index (χ1v) is 5.09. The molecular formula is C11H15FO4. The van der Waals surface area contributed by atoms with Gasteiger partial charge in [-0.25, -0.2) is 9.18 Å². The van der Waals surface area contributed by atoms with Gasteiger partial charge < -0.3 is 9.84 Å². The standard InChI is InChI=1S/C11H15FO4/c1-7-8(11(7,2)10(14)15)3-4-9(13)16-6-5-12/h3-4,7-8H,5-6H2,1-2H3,(H,14,15)/b4-3-. The van der Waals surface area contributed by atoms with Crippen molar-refractivity contribution < 1.29 is 23.8 Å². The summed E-state index contributed by atoms with van der Waals surface area (Å²) in [5.74, 6) is -1.67. The molecule has 0 saturated heterocycles. The van der Waals surface area contributed by atoms with Gasteiger partial charge in [0.2, 0.25) is 0 Å². The fraction of sp³-hybridized carbons (Fsp3) is 0.636. The number of carbonyl (C=O) groups excluding carboxylic acids is 1. The van der Waals surface area contributed by atoms with Gasteiger partial charge >= 0.3 is 11.9 Å². The fourth-order valence-electron chi connectivity index (χ4n) is 1.84. The molecule has 3 atom stereocenters. The topological polar surface area (TPSA) is 63.6 Å². The van der Waals surface area contributed by atoms with Gasteiger partial charge in [0, 0.05) is 6.08 Å². The maximum absolute atomic E-state index is 11.7. The zero-order chi connectivity index (χ0) is 12.3. The Labute approximate surface area is 93.1 Å². The molecule has 0 aromatic rings. The first kappa shape index (κ1) is 12.7. The van der Waals surface area contributed by atoms with Crippen LogP contribution >= 0.6 is 0 Å². The normalized spacial score (nSPS) is 32.7. The summed E-state index contributed by atoms with van der Waals surface area (Å²) in [4.78, 5) is 21.9. The number of hydrogen-bond donors (Lipinski definition) is 1. The second-order valence-corrected chi connectivity index (χ2v) is 4.12. The van der Waals surface area contributed by atoms with Crippen LogP contribution in [0, 0.1) is 17.3 Å². The van der Waals surface area contributed by atoms with Crippen molar-refractivity contribution in [3.8, 4) is 0 Å². The molecule has 1 aliphatic rings. The maximum atomic E-state index is 11.7. The summed E-state index contributed by atoms with van der Waals surface area (Å²) in [6, 6.07) is 0. The predicted octanol–water partition coefficient (Wildman–Crippen LogP) is 1.41. The Hall–Kier alpha value is -1.39. The number of rotatable bonds is 5. The summed E-state index contributed by atoms with van der Waals surface area (Å²) in [7, 11) is 0. The molecule has 0 aliphatic heterocycles. The number of carboxylic acids is 1. The number of halogens is 1. The van der Waals surface area contributed by atoms with E-state index in [0.29, 0.717) is 0 Å². The maximum Gasteiger partial charge on any atom is 0.330 e. The fourth-order valence-corrected chi connectivity index (χ4v) is 1.84. The van der Waals surface area contributed by atoms with E-state index in [0.717, 1.165) is 0 Å². The molecule has 5 heteroatoms. The predicted molar refractivity (Wildman–Crippen MR) is 54.5 cm³/mol. The number of alkyl halides is 1. The molecule has 0 aromatic heterocycles. The quantitative estimate of drug-likeness (QED) is 0.573. The van der Waals surface area contributed by atoms with Crippen LogP contribution in [0.3, 0.4) is 0 Å². The van der Waals surface area contributed by atoms with E-state index in [1.54, 1.807) is 6.92 Å². The van der Waals surface area contributed by atoms with Crippen molar-refractivity contribution in [1.82, 2.24) is 0 Å². The first-order valence-electron chi connectivity index (χ1n) is 5.09. The minimum Gasteiger partial charge on any atom is -0.481 e. The highest BCUT2D eigenvalue weighted by Gasteiger charge is 2.62. The van der Waals surface area contributed by atoms with Gasteiger partial charge in [-0.1, -0.05) is 13.0 Å². The van der Waals surface area contributed by atoms with E-state index in [1.807, 2.05) is 6.92 Å². The lowest BCUT2D eigenvalue weighted by atomic mass is 10.1. The Bertz CT molecular complexity index is 326. The summed E-state index contributed by atoms with van der Waals surface area (Å²) in [5, 5.41) is 8.96. The Morgan fingerprint density at radius 2 is 2.19 bits per heavy atom. The number of hydrogen-bond acceptors (Lipinski definition) is 3. The van der Waals surface area contributed by atoms with Gasteiger partial charge in [0.15, 0.2) is 0 Å². The van der Waals surface area contributed by atoms with Crippen molar-refractivity contribution in [2.75, 3.05) is 13.3 Å². The average molecular weight is 230 g/mol. The van der Waals surface area contributed by atoms with Crippen molar-refractivity contribution in [3.63, 3.8) is 0 Å². The van der Waals surface area contributed by atoms with Crippen LogP contribution < -0.4 is 0 Å². The molecule has 4 nitrogen and oxygen atoms in total. The van der Waals surface area contributed by atoms with Gasteiger partial charge in [0.25, 0.3) is 0 Å². The minimum atomic E-state index is -0.869. The zero-order valence-electron chi connectivity index (χ0n) is 9.27. The highest BCUT2D eigenvalue weighted by molar-refractivity contribution is 5.83. The lowest BCUT2D eigenvalue weighted by molar-refractivity contribution is -0.143. The Balaban J connectivity index is 2.48. The molecule has 0 radical (unpaired) electrons. The second-order valence-electron chi connectivity index (χ2n) is 4.12. The highest BCUT2D eigenvalue weighted by atomic mass is 19.1. The van der Waals surface area contributed by atoms with Crippen LogP contribution in [0.25, 0.3) is 0 Å². The molecule has 0 bridgehead atoms. The third kappa shape index (κ3) is 2.23. The van der Waals surface area contributed by atoms with E-state index in [4.69, 9.17) is 5.11 Å². The van der Waals surface area contributed by atoms with Crippen LogP contribution in [-0.4, -0.2) is 30.3 Å². The van der Waals surface area contributed by atoms with Crippen molar-refractivity contribution in [1.29, 1.82) is 0 Å². The number of ether oxygens (including phenoxy) is 1. The van der Waals surface area contributed by atoms with Gasteiger partial charge in [0.1, 0.15) is 13.3 Å². The number of aliphatic carboxylic acids is 1. The number of allylic oxidation sites excluding steroid dienone is 1. The first-order chi connectivity index (χ1) is 7.44. The van der Waals surface area contributed by atoms with E-state index in [-0.39, 0.29) is 18.4 Å². The molecule has 90 valence electrons. The molecule has 0 spiro atoms. The number of carboxylic acid groups (broad SMARTS) is 1. The molecule has 0 heterocycles. The third-order valence-corrected chi connectivity index (χ3v) is 3.29. The van der Waals surface area contributed by atoms with Gasteiger partial charge in [0.05, 0.1) is 5.41 Å². The summed E-state index contributed by atoms with van der Waals surface area (Å²) >= 11 is 0. The van der Waals surface area contributed by atoms with Crippen LogP contribution in [0.5, 0.6) is 0 Å². The minimum absolute atomic E-state index is 0.00442. The van der Waals surface area contributed by atoms with E-state index < -0.39 is 24.0 Å². The summed E-state index contributed by atoms with van der Waals surface area (Å²) in [6.07, 6.45) is 2.70. The second kappa shape index (κ2) is 4.63. The Morgan fingerprint density at radius 3 is 2.62 bits per heavy atom. The van der Waals surface area contributed by atoms with E-state index >= 15 is 0 Å². The lowest BCUT2D eigenvalue weighted by Crippen LogP contribution is -2.13. The van der Waals surface area contributed by atoms with Gasteiger partial charge in [-0.15, -0.1) is 0 Å². The van der Waals surface area contributed by atoms with Gasteiger partial charge in [-0.3, -0.25) is 4.79 Å². The molecule has 1 aliphatic carbocycles. The molecule has 0 amide bonds. The summed E-state index contributed by atoms with van der Waals surface area (Å²) in [5.41, 5.74) is -0.795. The molecular weight excluding hydrogens is 215 g/mol. The molecule has 1 rings (SSSR count). The van der Waals surface area contributed by atoms with Crippen molar-refractivity contribution in [2.45, 2.75) is 13.8 Å². The number of carbonyl (C=O) groups is 2. The van der Waals surface area contributed by atoms with Crippen LogP contribution in [0.15, 0.2) is 12.2 Å². The van der Waals surface area contributed by atoms with Crippen LogP contribution in [0.1, 0.15) is 13.8 Å². The van der Waals surface area contributed by atoms with Gasteiger partial charge in [-0.2, -0.15) is 0 Å². The molecule has 1 fully saturated rings. The van der Waals surface area contributed by atoms with Crippen molar-refractivity contribution in [2.24, 2.45) is 17.3 Å². The highest BCUT2D eigenvalue weighted by Crippen LogP contribution is 2.59. The Kier molecular flexibility index (Phi) is 3.67. The largest absolute Gasteiger partial charge is 0.481 e.